The van der Waals surface area contributed by atoms with E-state index in [2.05, 4.69) is 25.5 Å². The summed E-state index contributed by atoms with van der Waals surface area (Å²) < 4.78 is 13.0. The summed E-state index contributed by atoms with van der Waals surface area (Å²) in [4.78, 5) is 11.2. The van der Waals surface area contributed by atoms with Crippen molar-refractivity contribution in [1.82, 2.24) is 14.9 Å². The van der Waals surface area contributed by atoms with Crippen molar-refractivity contribution in [2.75, 3.05) is 37.8 Å². The van der Waals surface area contributed by atoms with Crippen molar-refractivity contribution in [3.63, 3.8) is 0 Å². The lowest BCUT2D eigenvalue weighted by molar-refractivity contribution is 0.425. The zero-order valence-electron chi connectivity index (χ0n) is 13.5. The minimum atomic E-state index is -0.247. The molecule has 23 heavy (non-hydrogen) atoms. The highest BCUT2D eigenvalue weighted by Crippen LogP contribution is 2.40. The van der Waals surface area contributed by atoms with Crippen LogP contribution < -0.4 is 10.6 Å². The average Bonchev–Trinajstić information content (AvgIpc) is 3.34. The van der Waals surface area contributed by atoms with Crippen LogP contribution in [-0.2, 0) is 0 Å². The van der Waals surface area contributed by atoms with Gasteiger partial charge in [-0.15, -0.1) is 0 Å². The van der Waals surface area contributed by atoms with Crippen LogP contribution in [0.15, 0.2) is 30.3 Å². The zero-order valence-corrected chi connectivity index (χ0v) is 13.5. The molecule has 0 atom stereocenters. The maximum Gasteiger partial charge on any atom is 0.224 e. The van der Waals surface area contributed by atoms with E-state index in [1.165, 1.54) is 25.0 Å². The Morgan fingerprint density at radius 2 is 1.91 bits per heavy atom. The highest BCUT2D eigenvalue weighted by atomic mass is 19.1. The van der Waals surface area contributed by atoms with E-state index >= 15 is 0 Å². The van der Waals surface area contributed by atoms with E-state index in [4.69, 9.17) is 0 Å². The van der Waals surface area contributed by atoms with Crippen LogP contribution in [0.1, 0.15) is 24.5 Å². The van der Waals surface area contributed by atoms with Gasteiger partial charge in [-0.1, -0.05) is 0 Å². The second-order valence-electron chi connectivity index (χ2n) is 6.14. The lowest BCUT2D eigenvalue weighted by atomic mass is 10.2. The smallest absolute Gasteiger partial charge is 0.224 e. The van der Waals surface area contributed by atoms with Crippen LogP contribution in [0.4, 0.5) is 21.8 Å². The first-order valence-electron chi connectivity index (χ1n) is 7.90. The van der Waals surface area contributed by atoms with Gasteiger partial charge in [-0.3, -0.25) is 0 Å². The lowest BCUT2D eigenvalue weighted by Crippen LogP contribution is -2.21. The molecule has 0 aliphatic heterocycles. The Morgan fingerprint density at radius 1 is 1.17 bits per heavy atom. The summed E-state index contributed by atoms with van der Waals surface area (Å²) in [7, 11) is 4.06. The molecule has 0 saturated heterocycles. The number of benzene rings is 1. The number of halogens is 1. The van der Waals surface area contributed by atoms with Gasteiger partial charge in [-0.25, -0.2) is 9.37 Å². The molecule has 2 aromatic rings. The number of anilines is 3. The number of likely N-dealkylation sites (N-methyl/N-ethyl adjacent to an activating group) is 1. The topological polar surface area (TPSA) is 53.1 Å². The molecule has 6 heteroatoms. The Balaban J connectivity index is 1.75. The molecule has 0 radical (unpaired) electrons. The van der Waals surface area contributed by atoms with Gasteiger partial charge in [0.1, 0.15) is 11.6 Å². The first-order chi connectivity index (χ1) is 11.1. The quantitative estimate of drug-likeness (QED) is 0.822. The SMILES string of the molecule is CN(C)CCNc1nc(Nc2ccc(F)cc2)cc(C2CC2)n1. The third-order valence-electron chi connectivity index (χ3n) is 3.70. The highest BCUT2D eigenvalue weighted by Gasteiger charge is 2.26. The Morgan fingerprint density at radius 3 is 2.57 bits per heavy atom. The fourth-order valence-electron chi connectivity index (χ4n) is 2.27. The summed E-state index contributed by atoms with van der Waals surface area (Å²) in [5.74, 6) is 1.67. The normalized spacial score (nSPS) is 14.1. The molecule has 3 rings (SSSR count). The van der Waals surface area contributed by atoms with E-state index < -0.39 is 0 Å². The summed E-state index contributed by atoms with van der Waals surface area (Å²) in [6, 6.07) is 8.25. The zero-order chi connectivity index (χ0) is 16.2. The van der Waals surface area contributed by atoms with Gasteiger partial charge in [0.05, 0.1) is 5.69 Å². The molecule has 1 aromatic heterocycles. The average molecular weight is 315 g/mol. The van der Waals surface area contributed by atoms with Crippen LogP contribution in [-0.4, -0.2) is 42.1 Å². The molecule has 2 N–H and O–H groups in total. The summed E-state index contributed by atoms with van der Waals surface area (Å²) >= 11 is 0. The van der Waals surface area contributed by atoms with Gasteiger partial charge in [0, 0.05) is 30.8 Å². The predicted molar refractivity (Wildman–Crippen MR) is 90.7 cm³/mol. The van der Waals surface area contributed by atoms with Crippen molar-refractivity contribution in [3.05, 3.63) is 41.8 Å². The minimum absolute atomic E-state index is 0.247. The maximum absolute atomic E-state index is 13.0. The van der Waals surface area contributed by atoms with Gasteiger partial charge < -0.3 is 15.5 Å². The summed E-state index contributed by atoms with van der Waals surface area (Å²) in [6.07, 6.45) is 2.37. The molecule has 1 aliphatic rings. The van der Waals surface area contributed by atoms with E-state index in [1.54, 1.807) is 12.1 Å². The second-order valence-corrected chi connectivity index (χ2v) is 6.14. The van der Waals surface area contributed by atoms with Crippen molar-refractivity contribution in [1.29, 1.82) is 0 Å². The standard InChI is InChI=1S/C17H22FN5/c1-23(2)10-9-19-17-21-15(12-3-4-12)11-16(22-17)20-14-7-5-13(18)6-8-14/h5-8,11-12H,3-4,9-10H2,1-2H3,(H2,19,20,21,22). The molecule has 0 amide bonds. The van der Waals surface area contributed by atoms with Crippen LogP contribution in [0.5, 0.6) is 0 Å². The predicted octanol–water partition coefficient (Wildman–Crippen LogP) is 3.21. The molecular formula is C17H22FN5. The molecule has 0 unspecified atom stereocenters. The fraction of sp³-hybridized carbons (Fsp3) is 0.412. The molecule has 0 bridgehead atoms. The van der Waals surface area contributed by atoms with Crippen LogP contribution >= 0.6 is 0 Å². The Bertz CT molecular complexity index is 653. The number of hydrogen-bond donors (Lipinski definition) is 2. The van der Waals surface area contributed by atoms with Crippen LogP contribution in [0.25, 0.3) is 0 Å². The lowest BCUT2D eigenvalue weighted by Gasteiger charge is -2.13. The third kappa shape index (κ3) is 4.63. The molecule has 5 nitrogen and oxygen atoms in total. The number of nitrogens with one attached hydrogen (secondary N) is 2. The number of nitrogens with zero attached hydrogens (tertiary/aromatic N) is 3. The largest absolute Gasteiger partial charge is 0.353 e. The highest BCUT2D eigenvalue weighted by molar-refractivity contribution is 5.57. The molecule has 1 aromatic carbocycles. The molecule has 1 saturated carbocycles. The van der Waals surface area contributed by atoms with Crippen LogP contribution in [0.2, 0.25) is 0 Å². The van der Waals surface area contributed by atoms with E-state index in [-0.39, 0.29) is 5.82 Å². The van der Waals surface area contributed by atoms with Crippen molar-refractivity contribution in [2.24, 2.45) is 0 Å². The monoisotopic (exact) mass is 315 g/mol. The number of aromatic nitrogens is 2. The Kier molecular flexibility index (Phi) is 4.71. The molecule has 1 aliphatic carbocycles. The van der Waals surface area contributed by atoms with E-state index in [0.29, 0.717) is 11.9 Å². The molecule has 1 heterocycles. The van der Waals surface area contributed by atoms with Gasteiger partial charge >= 0.3 is 0 Å². The number of rotatable bonds is 7. The maximum atomic E-state index is 13.0. The summed E-state index contributed by atoms with van der Waals surface area (Å²) in [6.45, 7) is 1.70. The molecule has 122 valence electrons. The van der Waals surface area contributed by atoms with Gasteiger partial charge in [-0.05, 0) is 51.2 Å². The van der Waals surface area contributed by atoms with E-state index in [9.17, 15) is 4.39 Å². The first-order valence-corrected chi connectivity index (χ1v) is 7.90. The Hall–Kier alpha value is -2.21. The van der Waals surface area contributed by atoms with Gasteiger partial charge in [0.25, 0.3) is 0 Å². The fourth-order valence-corrected chi connectivity index (χ4v) is 2.27. The van der Waals surface area contributed by atoms with E-state index in [0.717, 1.165) is 30.3 Å². The van der Waals surface area contributed by atoms with Crippen molar-refractivity contribution in [2.45, 2.75) is 18.8 Å². The van der Waals surface area contributed by atoms with Gasteiger partial charge in [0.2, 0.25) is 5.95 Å². The minimum Gasteiger partial charge on any atom is -0.353 e. The molecular weight excluding hydrogens is 293 g/mol. The van der Waals surface area contributed by atoms with Crippen LogP contribution in [0, 0.1) is 5.82 Å². The van der Waals surface area contributed by atoms with Crippen molar-refractivity contribution >= 4 is 17.5 Å². The van der Waals surface area contributed by atoms with Crippen LogP contribution in [0.3, 0.4) is 0 Å². The number of hydrogen-bond acceptors (Lipinski definition) is 5. The first kappa shape index (κ1) is 15.7. The summed E-state index contributed by atoms with van der Waals surface area (Å²) in [5.41, 5.74) is 1.88. The van der Waals surface area contributed by atoms with E-state index in [1.807, 2.05) is 20.2 Å². The molecule has 1 fully saturated rings. The third-order valence-corrected chi connectivity index (χ3v) is 3.70. The van der Waals surface area contributed by atoms with Crippen molar-refractivity contribution < 1.29 is 4.39 Å². The molecule has 0 spiro atoms. The van der Waals surface area contributed by atoms with Gasteiger partial charge in [-0.2, -0.15) is 4.98 Å². The van der Waals surface area contributed by atoms with Crippen molar-refractivity contribution in [3.8, 4) is 0 Å². The summed E-state index contributed by atoms with van der Waals surface area (Å²) in [5, 5.41) is 6.50. The Labute approximate surface area is 136 Å². The van der Waals surface area contributed by atoms with Gasteiger partial charge in [0.15, 0.2) is 0 Å². The second kappa shape index (κ2) is 6.91.